The summed E-state index contributed by atoms with van der Waals surface area (Å²) < 4.78 is 11.0. The molecule has 0 aliphatic carbocycles. The first kappa shape index (κ1) is 13.7. The first-order valence-corrected chi connectivity index (χ1v) is 7.15. The Kier molecular flexibility index (Phi) is 3.96. The summed E-state index contributed by atoms with van der Waals surface area (Å²) in [5.41, 5.74) is 3.48. The zero-order valence-corrected chi connectivity index (χ0v) is 12.2. The molecule has 6 nitrogen and oxygen atoms in total. The molecule has 3 N–H and O–H groups in total. The fourth-order valence-electron chi connectivity index (χ4n) is 1.95. The molecule has 0 saturated heterocycles. The van der Waals surface area contributed by atoms with Crippen molar-refractivity contribution in [2.75, 3.05) is 12.5 Å². The summed E-state index contributed by atoms with van der Waals surface area (Å²) >= 11 is 1.51. The van der Waals surface area contributed by atoms with Gasteiger partial charge in [-0.3, -0.25) is 5.43 Å². The highest BCUT2D eigenvalue weighted by Crippen LogP contribution is 2.31. The van der Waals surface area contributed by atoms with E-state index in [0.29, 0.717) is 24.2 Å². The number of hydrogen-bond acceptors (Lipinski definition) is 7. The van der Waals surface area contributed by atoms with E-state index >= 15 is 0 Å². The number of rotatable bonds is 5. The third-order valence-electron chi connectivity index (χ3n) is 2.84. The average Bonchev–Trinajstić information content (AvgIpc) is 2.96. The van der Waals surface area contributed by atoms with Crippen molar-refractivity contribution in [1.82, 2.24) is 9.97 Å². The van der Waals surface area contributed by atoms with Gasteiger partial charge in [-0.2, -0.15) is 4.98 Å². The number of nitrogen functional groups attached to an aromatic ring is 1. The van der Waals surface area contributed by atoms with E-state index in [4.69, 9.17) is 15.3 Å². The third kappa shape index (κ3) is 2.94. The fourth-order valence-corrected chi connectivity index (χ4v) is 2.70. The Morgan fingerprint density at radius 3 is 3.00 bits per heavy atom. The Morgan fingerprint density at radius 2 is 2.19 bits per heavy atom. The Labute approximate surface area is 125 Å². The molecule has 0 radical (unpaired) electrons. The largest absolute Gasteiger partial charge is 0.438 e. The zero-order valence-electron chi connectivity index (χ0n) is 11.4. The molecule has 0 atom stereocenters. The van der Waals surface area contributed by atoms with Crippen LogP contribution in [-0.2, 0) is 11.3 Å². The number of aromatic nitrogens is 2. The van der Waals surface area contributed by atoms with Crippen LogP contribution in [0.3, 0.4) is 0 Å². The van der Waals surface area contributed by atoms with Crippen LogP contribution in [0.5, 0.6) is 11.6 Å². The maximum absolute atomic E-state index is 5.88. The molecule has 0 saturated carbocycles. The van der Waals surface area contributed by atoms with Gasteiger partial charge in [0.1, 0.15) is 10.6 Å². The number of benzene rings is 1. The van der Waals surface area contributed by atoms with Crippen LogP contribution in [0.4, 0.5) is 5.95 Å². The molecule has 0 fully saturated rings. The SMILES string of the molecule is COCc1cccc(Oc2nc(NN)nc3sccc23)c1. The molecular formula is C14H14N4O2S. The highest BCUT2D eigenvalue weighted by atomic mass is 32.1. The predicted octanol–water partition coefficient (Wildman–Crippen LogP) is 2.92. The summed E-state index contributed by atoms with van der Waals surface area (Å²) in [5.74, 6) is 6.89. The lowest BCUT2D eigenvalue weighted by molar-refractivity contribution is 0.184. The molecule has 0 aliphatic heterocycles. The minimum Gasteiger partial charge on any atom is -0.438 e. The molecule has 1 aromatic carbocycles. The van der Waals surface area contributed by atoms with Gasteiger partial charge >= 0.3 is 0 Å². The molecule has 0 spiro atoms. The van der Waals surface area contributed by atoms with E-state index in [1.807, 2.05) is 35.7 Å². The van der Waals surface area contributed by atoms with Gasteiger partial charge in [-0.15, -0.1) is 11.3 Å². The van der Waals surface area contributed by atoms with E-state index in [0.717, 1.165) is 15.8 Å². The maximum atomic E-state index is 5.88. The number of nitrogens with two attached hydrogens (primary N) is 1. The van der Waals surface area contributed by atoms with Crippen LogP contribution in [0.15, 0.2) is 35.7 Å². The van der Waals surface area contributed by atoms with Gasteiger partial charge in [0.25, 0.3) is 0 Å². The molecule has 21 heavy (non-hydrogen) atoms. The summed E-state index contributed by atoms with van der Waals surface area (Å²) in [5, 5.41) is 2.80. The molecular weight excluding hydrogens is 288 g/mol. The van der Waals surface area contributed by atoms with Crippen molar-refractivity contribution in [2.24, 2.45) is 5.84 Å². The van der Waals surface area contributed by atoms with Gasteiger partial charge in [0.05, 0.1) is 12.0 Å². The van der Waals surface area contributed by atoms with Crippen molar-refractivity contribution >= 4 is 27.5 Å². The van der Waals surface area contributed by atoms with E-state index in [1.54, 1.807) is 7.11 Å². The third-order valence-corrected chi connectivity index (χ3v) is 3.65. The second-order valence-electron chi connectivity index (χ2n) is 4.32. The van der Waals surface area contributed by atoms with Crippen LogP contribution < -0.4 is 16.0 Å². The van der Waals surface area contributed by atoms with Gasteiger partial charge in [-0.25, -0.2) is 10.8 Å². The van der Waals surface area contributed by atoms with Crippen LogP contribution in [0.1, 0.15) is 5.56 Å². The lowest BCUT2D eigenvalue weighted by Crippen LogP contribution is -2.10. The summed E-state index contributed by atoms with van der Waals surface area (Å²) in [7, 11) is 1.66. The Bertz CT molecular complexity index is 760. The minimum atomic E-state index is 0.327. The molecule has 0 amide bonds. The number of anilines is 1. The standard InChI is InChI=1S/C14H14N4O2S/c1-19-8-9-3-2-4-10(7-9)20-12-11-5-6-21-13(11)17-14(16-12)18-15/h2-7H,8,15H2,1H3,(H,16,17,18). The van der Waals surface area contributed by atoms with E-state index in [2.05, 4.69) is 15.4 Å². The monoisotopic (exact) mass is 302 g/mol. The first-order chi connectivity index (χ1) is 10.3. The van der Waals surface area contributed by atoms with Crippen molar-refractivity contribution in [3.05, 3.63) is 41.3 Å². The molecule has 0 aliphatic rings. The van der Waals surface area contributed by atoms with Gasteiger partial charge in [0, 0.05) is 7.11 Å². The molecule has 7 heteroatoms. The number of thiophene rings is 1. The van der Waals surface area contributed by atoms with Crippen molar-refractivity contribution in [3.63, 3.8) is 0 Å². The van der Waals surface area contributed by atoms with E-state index in [1.165, 1.54) is 11.3 Å². The highest BCUT2D eigenvalue weighted by molar-refractivity contribution is 7.16. The summed E-state index contributed by atoms with van der Waals surface area (Å²) in [6.45, 7) is 0.532. The van der Waals surface area contributed by atoms with Crippen LogP contribution in [0.2, 0.25) is 0 Å². The second kappa shape index (κ2) is 6.04. The number of hydrazine groups is 1. The van der Waals surface area contributed by atoms with Crippen LogP contribution >= 0.6 is 11.3 Å². The van der Waals surface area contributed by atoms with E-state index < -0.39 is 0 Å². The van der Waals surface area contributed by atoms with Crippen LogP contribution in [0.25, 0.3) is 10.2 Å². The molecule has 2 aromatic heterocycles. The molecule has 0 bridgehead atoms. The summed E-state index contributed by atoms with van der Waals surface area (Å²) in [4.78, 5) is 9.36. The smallest absolute Gasteiger partial charge is 0.241 e. The van der Waals surface area contributed by atoms with E-state index in [-0.39, 0.29) is 0 Å². The molecule has 3 aromatic rings. The number of ether oxygens (including phenoxy) is 2. The van der Waals surface area contributed by atoms with Crippen molar-refractivity contribution in [3.8, 4) is 11.6 Å². The van der Waals surface area contributed by atoms with Gasteiger partial charge in [-0.1, -0.05) is 12.1 Å². The average molecular weight is 302 g/mol. The van der Waals surface area contributed by atoms with Gasteiger partial charge in [-0.05, 0) is 29.1 Å². The van der Waals surface area contributed by atoms with Gasteiger partial charge in [0.2, 0.25) is 11.8 Å². The van der Waals surface area contributed by atoms with Crippen molar-refractivity contribution in [2.45, 2.75) is 6.61 Å². The quantitative estimate of drug-likeness (QED) is 0.557. The number of hydrogen-bond donors (Lipinski definition) is 2. The van der Waals surface area contributed by atoms with Crippen molar-refractivity contribution in [1.29, 1.82) is 0 Å². The lowest BCUT2D eigenvalue weighted by atomic mass is 10.2. The number of methoxy groups -OCH3 is 1. The minimum absolute atomic E-state index is 0.327. The molecule has 2 heterocycles. The first-order valence-electron chi connectivity index (χ1n) is 6.28. The molecule has 0 unspecified atom stereocenters. The maximum Gasteiger partial charge on any atom is 0.241 e. The number of nitrogens with one attached hydrogen (secondary N) is 1. The summed E-state index contributed by atoms with van der Waals surface area (Å²) in [6.07, 6.45) is 0. The predicted molar refractivity (Wildman–Crippen MR) is 82.5 cm³/mol. The Balaban J connectivity index is 1.97. The van der Waals surface area contributed by atoms with Gasteiger partial charge < -0.3 is 9.47 Å². The van der Waals surface area contributed by atoms with Crippen molar-refractivity contribution < 1.29 is 9.47 Å². The Morgan fingerprint density at radius 1 is 1.29 bits per heavy atom. The number of fused-ring (bicyclic) bond motifs is 1. The lowest BCUT2D eigenvalue weighted by Gasteiger charge is -2.08. The topological polar surface area (TPSA) is 82.3 Å². The van der Waals surface area contributed by atoms with Crippen LogP contribution in [0, 0.1) is 0 Å². The van der Waals surface area contributed by atoms with E-state index in [9.17, 15) is 0 Å². The normalized spacial score (nSPS) is 10.8. The van der Waals surface area contributed by atoms with Crippen LogP contribution in [-0.4, -0.2) is 17.1 Å². The fraction of sp³-hybridized carbons (Fsp3) is 0.143. The summed E-state index contributed by atoms with van der Waals surface area (Å²) in [6, 6.07) is 9.60. The highest BCUT2D eigenvalue weighted by Gasteiger charge is 2.10. The van der Waals surface area contributed by atoms with Gasteiger partial charge in [0.15, 0.2) is 0 Å². The zero-order chi connectivity index (χ0) is 14.7. The molecule has 3 rings (SSSR count). The second-order valence-corrected chi connectivity index (χ2v) is 5.21. The Hall–Kier alpha value is -2.22. The molecule has 108 valence electrons. The number of nitrogens with zero attached hydrogens (tertiary/aromatic N) is 2.